The van der Waals surface area contributed by atoms with Gasteiger partial charge in [0, 0.05) is 4.47 Å². The minimum absolute atomic E-state index is 0.119. The van der Waals surface area contributed by atoms with Crippen molar-refractivity contribution in [2.75, 3.05) is 0 Å². The van der Waals surface area contributed by atoms with Crippen molar-refractivity contribution < 1.29 is 9.90 Å². The second-order valence-electron chi connectivity index (χ2n) is 4.40. The summed E-state index contributed by atoms with van der Waals surface area (Å²) in [6, 6.07) is 9.60. The molecule has 0 aliphatic carbocycles. The van der Waals surface area contributed by atoms with Crippen LogP contribution in [-0.4, -0.2) is 20.6 Å². The molecule has 3 aromatic rings. The van der Waals surface area contributed by atoms with Crippen molar-refractivity contribution in [3.63, 3.8) is 0 Å². The van der Waals surface area contributed by atoms with Gasteiger partial charge in [-0.05, 0) is 52.3 Å². The number of nitrogens with zero attached hydrogens (tertiary/aromatic N) is 1. The molecular formula is C14H8BrClN2O3. The molecule has 0 aliphatic heterocycles. The lowest BCUT2D eigenvalue weighted by Crippen LogP contribution is -2.14. The topological polar surface area (TPSA) is 75.1 Å². The number of imidazole rings is 1. The van der Waals surface area contributed by atoms with Crippen molar-refractivity contribution in [2.45, 2.75) is 0 Å². The highest BCUT2D eigenvalue weighted by Gasteiger charge is 2.12. The first-order valence-corrected chi connectivity index (χ1v) is 7.08. The number of halogens is 2. The van der Waals surface area contributed by atoms with Gasteiger partial charge < -0.3 is 10.1 Å². The quantitative estimate of drug-likeness (QED) is 0.728. The number of hydrogen-bond donors (Lipinski definition) is 2. The molecule has 0 unspecified atom stereocenters. The van der Waals surface area contributed by atoms with Gasteiger partial charge >= 0.3 is 11.7 Å². The lowest BCUT2D eigenvalue weighted by molar-refractivity contribution is 0.0697. The molecule has 0 atom stereocenters. The van der Waals surface area contributed by atoms with Gasteiger partial charge in [-0.2, -0.15) is 0 Å². The molecule has 3 rings (SSSR count). The minimum atomic E-state index is -1.04. The zero-order valence-electron chi connectivity index (χ0n) is 10.4. The van der Waals surface area contributed by atoms with Crippen molar-refractivity contribution in [1.82, 2.24) is 9.55 Å². The van der Waals surface area contributed by atoms with Crippen LogP contribution in [0.2, 0.25) is 5.02 Å². The largest absolute Gasteiger partial charge is 0.478 e. The monoisotopic (exact) mass is 366 g/mol. The molecule has 1 heterocycles. The van der Waals surface area contributed by atoms with Crippen LogP contribution in [0.1, 0.15) is 10.4 Å². The standard InChI is InChI=1S/C14H8BrClN2O3/c15-9-6-8(2-3-10(9)16)18-12-4-1-7(13(19)20)5-11(12)17-14(18)21/h1-6H,(H,17,21)(H,19,20). The van der Waals surface area contributed by atoms with Crippen LogP contribution >= 0.6 is 27.5 Å². The maximum Gasteiger partial charge on any atom is 0.335 e. The van der Waals surface area contributed by atoms with Crippen molar-refractivity contribution in [1.29, 1.82) is 0 Å². The predicted octanol–water partition coefficient (Wildman–Crippen LogP) is 3.43. The molecule has 1 aromatic heterocycles. The molecule has 21 heavy (non-hydrogen) atoms. The number of fused-ring (bicyclic) bond motifs is 1. The highest BCUT2D eigenvalue weighted by Crippen LogP contribution is 2.26. The fraction of sp³-hybridized carbons (Fsp3) is 0. The average Bonchev–Trinajstić information content (AvgIpc) is 2.76. The second-order valence-corrected chi connectivity index (χ2v) is 5.66. The lowest BCUT2D eigenvalue weighted by Gasteiger charge is -2.05. The first-order valence-electron chi connectivity index (χ1n) is 5.91. The summed E-state index contributed by atoms with van der Waals surface area (Å²) in [6.07, 6.45) is 0. The Kier molecular flexibility index (Phi) is 3.35. The summed E-state index contributed by atoms with van der Waals surface area (Å²) in [4.78, 5) is 25.7. The first-order chi connectivity index (χ1) is 9.97. The number of carboxylic acid groups (broad SMARTS) is 1. The summed E-state index contributed by atoms with van der Waals surface area (Å²) in [6.45, 7) is 0. The Balaban J connectivity index is 2.27. The second kappa shape index (κ2) is 5.05. The molecule has 0 spiro atoms. The highest BCUT2D eigenvalue weighted by molar-refractivity contribution is 9.10. The van der Waals surface area contributed by atoms with Crippen molar-refractivity contribution in [3.05, 3.63) is 61.9 Å². The van der Waals surface area contributed by atoms with Crippen LogP contribution in [0.3, 0.4) is 0 Å². The van der Waals surface area contributed by atoms with Gasteiger partial charge in [-0.15, -0.1) is 0 Å². The summed E-state index contributed by atoms with van der Waals surface area (Å²) in [5.74, 6) is -1.04. The molecule has 0 radical (unpaired) electrons. The normalized spacial score (nSPS) is 11.0. The lowest BCUT2D eigenvalue weighted by atomic mass is 10.2. The van der Waals surface area contributed by atoms with E-state index >= 15 is 0 Å². The van der Waals surface area contributed by atoms with Crippen LogP contribution in [0.25, 0.3) is 16.7 Å². The summed E-state index contributed by atoms with van der Waals surface area (Å²) < 4.78 is 2.13. The van der Waals surface area contributed by atoms with Gasteiger partial charge in [0.25, 0.3) is 0 Å². The number of carboxylic acids is 1. The summed E-state index contributed by atoms with van der Waals surface area (Å²) in [5, 5.41) is 9.53. The van der Waals surface area contributed by atoms with Gasteiger partial charge in [0.05, 0.1) is 27.3 Å². The van der Waals surface area contributed by atoms with Crippen LogP contribution in [-0.2, 0) is 0 Å². The van der Waals surface area contributed by atoms with E-state index in [-0.39, 0.29) is 11.3 Å². The zero-order chi connectivity index (χ0) is 15.1. The van der Waals surface area contributed by atoms with Gasteiger partial charge in [0.1, 0.15) is 0 Å². The van der Waals surface area contributed by atoms with E-state index in [9.17, 15) is 9.59 Å². The van der Waals surface area contributed by atoms with Crippen LogP contribution in [0, 0.1) is 0 Å². The molecule has 106 valence electrons. The number of H-pyrrole nitrogens is 1. The van der Waals surface area contributed by atoms with E-state index in [1.54, 1.807) is 24.3 Å². The molecule has 2 N–H and O–H groups in total. The smallest absolute Gasteiger partial charge is 0.335 e. The number of hydrogen-bond acceptors (Lipinski definition) is 2. The summed E-state index contributed by atoms with van der Waals surface area (Å²) >= 11 is 9.26. The van der Waals surface area contributed by atoms with E-state index in [0.717, 1.165) is 0 Å². The number of aromatic carboxylic acids is 1. The van der Waals surface area contributed by atoms with Crippen LogP contribution in [0.4, 0.5) is 0 Å². The van der Waals surface area contributed by atoms with E-state index in [1.165, 1.54) is 16.7 Å². The molecule has 2 aromatic carbocycles. The minimum Gasteiger partial charge on any atom is -0.478 e. The Labute approximate surface area is 131 Å². The van der Waals surface area contributed by atoms with Crippen LogP contribution < -0.4 is 5.69 Å². The molecule has 0 amide bonds. The third kappa shape index (κ3) is 2.36. The summed E-state index contributed by atoms with van der Waals surface area (Å²) in [5.41, 5.74) is 1.46. The predicted molar refractivity (Wildman–Crippen MR) is 83.6 cm³/mol. The maximum absolute atomic E-state index is 12.1. The maximum atomic E-state index is 12.1. The van der Waals surface area contributed by atoms with Crippen molar-refractivity contribution in [3.8, 4) is 5.69 Å². The Bertz CT molecular complexity index is 930. The van der Waals surface area contributed by atoms with E-state index in [2.05, 4.69) is 20.9 Å². The Morgan fingerprint density at radius 2 is 2.00 bits per heavy atom. The van der Waals surface area contributed by atoms with Crippen LogP contribution in [0.15, 0.2) is 45.7 Å². The Morgan fingerprint density at radius 1 is 1.24 bits per heavy atom. The Hall–Kier alpha value is -2.05. The third-order valence-electron chi connectivity index (χ3n) is 3.09. The van der Waals surface area contributed by atoms with Gasteiger partial charge in [-0.3, -0.25) is 4.57 Å². The highest BCUT2D eigenvalue weighted by atomic mass is 79.9. The van der Waals surface area contributed by atoms with Gasteiger partial charge in [0.2, 0.25) is 0 Å². The zero-order valence-corrected chi connectivity index (χ0v) is 12.8. The van der Waals surface area contributed by atoms with E-state index < -0.39 is 5.97 Å². The molecule has 5 nitrogen and oxygen atoms in total. The Morgan fingerprint density at radius 3 is 2.67 bits per heavy atom. The molecule has 0 fully saturated rings. The number of benzene rings is 2. The molecule has 0 bridgehead atoms. The molecular weight excluding hydrogens is 360 g/mol. The van der Waals surface area contributed by atoms with Crippen molar-refractivity contribution in [2.24, 2.45) is 0 Å². The van der Waals surface area contributed by atoms with Crippen LogP contribution in [0.5, 0.6) is 0 Å². The number of nitrogens with one attached hydrogen (secondary N) is 1. The van der Waals surface area contributed by atoms with Gasteiger partial charge in [0.15, 0.2) is 0 Å². The molecule has 0 saturated carbocycles. The number of aromatic amines is 1. The molecule has 0 aliphatic rings. The van der Waals surface area contributed by atoms with E-state index in [4.69, 9.17) is 16.7 Å². The number of rotatable bonds is 2. The fourth-order valence-corrected chi connectivity index (χ4v) is 2.61. The third-order valence-corrected chi connectivity index (χ3v) is 4.30. The number of aromatic nitrogens is 2. The molecule has 7 heteroatoms. The summed E-state index contributed by atoms with van der Waals surface area (Å²) in [7, 11) is 0. The first kappa shape index (κ1) is 13.9. The van der Waals surface area contributed by atoms with Crippen molar-refractivity contribution >= 4 is 44.5 Å². The van der Waals surface area contributed by atoms with E-state index in [0.29, 0.717) is 26.2 Å². The average molecular weight is 368 g/mol. The SMILES string of the molecule is O=C(O)c1ccc2c(c1)[nH]c(=O)n2-c1ccc(Cl)c(Br)c1. The molecule has 0 saturated heterocycles. The number of carbonyl (C=O) groups is 1. The van der Waals surface area contributed by atoms with Gasteiger partial charge in [-0.25, -0.2) is 9.59 Å². The fourth-order valence-electron chi connectivity index (χ4n) is 2.13. The van der Waals surface area contributed by atoms with E-state index in [1.807, 2.05) is 0 Å². The van der Waals surface area contributed by atoms with Gasteiger partial charge in [-0.1, -0.05) is 11.6 Å².